The molecule has 0 radical (unpaired) electrons. The Bertz CT molecular complexity index is 566. The Hall–Kier alpha value is -1.89. The molecule has 1 aromatic heterocycles. The van der Waals surface area contributed by atoms with Crippen LogP contribution < -0.4 is 5.32 Å². The zero-order valence-electron chi connectivity index (χ0n) is 11.5. The van der Waals surface area contributed by atoms with Gasteiger partial charge in [0.1, 0.15) is 4.92 Å². The highest BCUT2D eigenvalue weighted by atomic mass is 16.6. The minimum Gasteiger partial charge on any atom is -0.395 e. The van der Waals surface area contributed by atoms with E-state index in [2.05, 4.69) is 5.32 Å². The minimum atomic E-state index is -0.634. The second kappa shape index (κ2) is 4.31. The quantitative estimate of drug-likeness (QED) is 0.650. The Morgan fingerprint density at radius 3 is 2.85 bits per heavy atom. The van der Waals surface area contributed by atoms with E-state index < -0.39 is 10.8 Å². The first-order valence-electron chi connectivity index (χ1n) is 6.68. The summed E-state index contributed by atoms with van der Waals surface area (Å²) in [4.78, 5) is 24.3. The molecule has 0 bridgehead atoms. The Morgan fingerprint density at radius 1 is 1.50 bits per heavy atom. The number of nitrogens with one attached hydrogen (secondary N) is 1. The van der Waals surface area contributed by atoms with Crippen LogP contribution in [-0.4, -0.2) is 40.9 Å². The van der Waals surface area contributed by atoms with Crippen LogP contribution in [0.4, 0.5) is 5.88 Å². The molecule has 3 rings (SSSR count). The van der Waals surface area contributed by atoms with E-state index in [9.17, 15) is 14.9 Å². The molecule has 0 saturated carbocycles. The molecule has 1 amide bonds. The fourth-order valence-corrected chi connectivity index (χ4v) is 3.44. The molecule has 2 fully saturated rings. The monoisotopic (exact) mass is 279 g/mol. The molecule has 0 aliphatic carbocycles. The summed E-state index contributed by atoms with van der Waals surface area (Å²) in [7, 11) is 0. The molecule has 3 heterocycles. The van der Waals surface area contributed by atoms with E-state index in [0.717, 1.165) is 13.1 Å². The standard InChI is InChI=1S/C13H17N3O4/c1-13(2)9-6-14-5-8(9)7-15(13)12(17)10-3-4-11(20-10)16(18)19/h3-4,8-9,14H,5-7H2,1-2H3. The predicted molar refractivity (Wildman–Crippen MR) is 70.3 cm³/mol. The van der Waals surface area contributed by atoms with Gasteiger partial charge in [0, 0.05) is 25.2 Å². The van der Waals surface area contributed by atoms with Gasteiger partial charge in [0.2, 0.25) is 0 Å². The van der Waals surface area contributed by atoms with Gasteiger partial charge in [0.05, 0.1) is 6.07 Å². The number of carbonyl (C=O) groups is 1. The summed E-state index contributed by atoms with van der Waals surface area (Å²) in [5.41, 5.74) is -0.271. The first-order chi connectivity index (χ1) is 9.41. The molecule has 1 aromatic rings. The smallest absolute Gasteiger partial charge is 0.395 e. The van der Waals surface area contributed by atoms with E-state index in [-0.39, 0.29) is 17.2 Å². The number of carbonyl (C=O) groups excluding carboxylic acids is 1. The van der Waals surface area contributed by atoms with Gasteiger partial charge in [-0.1, -0.05) is 0 Å². The highest BCUT2D eigenvalue weighted by Gasteiger charge is 2.51. The summed E-state index contributed by atoms with van der Waals surface area (Å²) in [6.45, 7) is 6.56. The number of furan rings is 1. The van der Waals surface area contributed by atoms with Crippen LogP contribution in [0.3, 0.4) is 0 Å². The Kier molecular flexibility index (Phi) is 2.82. The average molecular weight is 279 g/mol. The van der Waals surface area contributed by atoms with E-state index in [0.29, 0.717) is 18.4 Å². The van der Waals surface area contributed by atoms with E-state index in [1.165, 1.54) is 12.1 Å². The minimum absolute atomic E-state index is 0.0395. The van der Waals surface area contributed by atoms with Crippen LogP contribution in [0, 0.1) is 22.0 Å². The number of likely N-dealkylation sites (tertiary alicyclic amines) is 1. The van der Waals surface area contributed by atoms with Gasteiger partial charge in [-0.25, -0.2) is 0 Å². The molecular weight excluding hydrogens is 262 g/mol. The number of fused-ring (bicyclic) bond motifs is 1. The number of amides is 1. The van der Waals surface area contributed by atoms with Crippen molar-refractivity contribution in [2.45, 2.75) is 19.4 Å². The summed E-state index contributed by atoms with van der Waals surface area (Å²) < 4.78 is 5.03. The molecule has 1 N–H and O–H groups in total. The topological polar surface area (TPSA) is 88.6 Å². The zero-order valence-corrected chi connectivity index (χ0v) is 11.5. The van der Waals surface area contributed by atoms with Gasteiger partial charge in [-0.3, -0.25) is 14.9 Å². The second-order valence-corrected chi connectivity index (χ2v) is 5.99. The van der Waals surface area contributed by atoms with Gasteiger partial charge in [0.15, 0.2) is 5.76 Å². The maximum atomic E-state index is 12.5. The third kappa shape index (κ3) is 1.81. The van der Waals surface area contributed by atoms with Gasteiger partial charge >= 0.3 is 5.88 Å². The third-order valence-corrected chi connectivity index (χ3v) is 4.59. The van der Waals surface area contributed by atoms with E-state index >= 15 is 0 Å². The van der Waals surface area contributed by atoms with E-state index in [1.807, 2.05) is 13.8 Å². The van der Waals surface area contributed by atoms with Crippen molar-refractivity contribution >= 4 is 11.8 Å². The lowest BCUT2D eigenvalue weighted by Gasteiger charge is -2.35. The number of hydrogen-bond acceptors (Lipinski definition) is 5. The molecule has 2 unspecified atom stereocenters. The summed E-state index contributed by atoms with van der Waals surface area (Å²) in [5, 5.41) is 14.0. The molecule has 2 aliphatic heterocycles. The number of nitrogens with zero attached hydrogens (tertiary/aromatic N) is 2. The number of nitro groups is 1. The van der Waals surface area contributed by atoms with Crippen molar-refractivity contribution in [2.24, 2.45) is 11.8 Å². The highest BCUT2D eigenvalue weighted by molar-refractivity contribution is 5.92. The third-order valence-electron chi connectivity index (χ3n) is 4.59. The summed E-state index contributed by atoms with van der Waals surface area (Å²) in [6.07, 6.45) is 0. The lowest BCUT2D eigenvalue weighted by molar-refractivity contribution is -0.402. The lowest BCUT2D eigenvalue weighted by Crippen LogP contribution is -2.47. The van der Waals surface area contributed by atoms with Crippen molar-refractivity contribution in [3.8, 4) is 0 Å². The van der Waals surface area contributed by atoms with Crippen LogP contribution in [-0.2, 0) is 0 Å². The normalized spacial score (nSPS) is 27.6. The van der Waals surface area contributed by atoms with Gasteiger partial charge in [-0.05, 0) is 31.7 Å². The SMILES string of the molecule is CC1(C)C2CNCC2CN1C(=O)c1ccc([N+](=O)[O-])o1. The van der Waals surface area contributed by atoms with Gasteiger partial charge in [-0.15, -0.1) is 0 Å². The van der Waals surface area contributed by atoms with Gasteiger partial charge in [-0.2, -0.15) is 0 Å². The first-order valence-corrected chi connectivity index (χ1v) is 6.68. The maximum Gasteiger partial charge on any atom is 0.433 e. The van der Waals surface area contributed by atoms with Crippen molar-refractivity contribution < 1.29 is 14.1 Å². The fourth-order valence-electron chi connectivity index (χ4n) is 3.44. The molecule has 108 valence electrons. The molecule has 2 aliphatic rings. The zero-order chi connectivity index (χ0) is 14.5. The molecule has 7 nitrogen and oxygen atoms in total. The predicted octanol–water partition coefficient (Wildman–Crippen LogP) is 1.26. The molecule has 20 heavy (non-hydrogen) atoms. The molecule has 2 saturated heterocycles. The summed E-state index contributed by atoms with van der Waals surface area (Å²) >= 11 is 0. The average Bonchev–Trinajstić information content (AvgIpc) is 3.06. The van der Waals surface area contributed by atoms with Crippen LogP contribution >= 0.6 is 0 Å². The van der Waals surface area contributed by atoms with Crippen LogP contribution in [0.15, 0.2) is 16.5 Å². The molecule has 0 aromatic carbocycles. The van der Waals surface area contributed by atoms with Crippen LogP contribution in [0.25, 0.3) is 0 Å². The van der Waals surface area contributed by atoms with Gasteiger partial charge in [0.25, 0.3) is 5.91 Å². The molecule has 7 heteroatoms. The van der Waals surface area contributed by atoms with Crippen LogP contribution in [0.5, 0.6) is 0 Å². The largest absolute Gasteiger partial charge is 0.433 e. The Morgan fingerprint density at radius 2 is 2.25 bits per heavy atom. The molecule has 2 atom stereocenters. The summed E-state index contributed by atoms with van der Waals surface area (Å²) in [5.74, 6) is 0.234. The fraction of sp³-hybridized carbons (Fsp3) is 0.615. The summed E-state index contributed by atoms with van der Waals surface area (Å²) in [6, 6.07) is 2.60. The Balaban J connectivity index is 1.85. The Labute approximate surface area is 116 Å². The van der Waals surface area contributed by atoms with Crippen molar-refractivity contribution in [3.05, 3.63) is 28.0 Å². The number of hydrogen-bond donors (Lipinski definition) is 1. The number of rotatable bonds is 2. The van der Waals surface area contributed by atoms with Gasteiger partial charge < -0.3 is 14.6 Å². The van der Waals surface area contributed by atoms with Crippen LogP contribution in [0.2, 0.25) is 0 Å². The highest BCUT2D eigenvalue weighted by Crippen LogP contribution is 2.41. The van der Waals surface area contributed by atoms with E-state index in [4.69, 9.17) is 4.42 Å². The van der Waals surface area contributed by atoms with Crippen LogP contribution in [0.1, 0.15) is 24.4 Å². The first kappa shape index (κ1) is 13.1. The maximum absolute atomic E-state index is 12.5. The van der Waals surface area contributed by atoms with E-state index in [1.54, 1.807) is 4.90 Å². The molecular formula is C13H17N3O4. The second-order valence-electron chi connectivity index (χ2n) is 5.99. The van der Waals surface area contributed by atoms with Crippen molar-refractivity contribution in [3.63, 3.8) is 0 Å². The molecule has 0 spiro atoms. The van der Waals surface area contributed by atoms with Crippen molar-refractivity contribution in [1.29, 1.82) is 0 Å². The van der Waals surface area contributed by atoms with Crippen molar-refractivity contribution in [2.75, 3.05) is 19.6 Å². The van der Waals surface area contributed by atoms with Crippen molar-refractivity contribution in [1.82, 2.24) is 10.2 Å². The lowest BCUT2D eigenvalue weighted by atomic mass is 9.85.